The number of carbonyl (C=O) groups is 1. The van der Waals surface area contributed by atoms with Gasteiger partial charge in [0, 0.05) is 18.9 Å². The summed E-state index contributed by atoms with van der Waals surface area (Å²) in [5.41, 5.74) is 1.42. The number of hydrogen-bond donors (Lipinski definition) is 1. The molecule has 0 radical (unpaired) electrons. The summed E-state index contributed by atoms with van der Waals surface area (Å²) in [7, 11) is 1.72. The van der Waals surface area contributed by atoms with E-state index in [0.717, 1.165) is 0 Å². The van der Waals surface area contributed by atoms with Crippen LogP contribution in [-0.4, -0.2) is 15.7 Å². The number of aryl methyl sites for hydroxylation is 2. The SMILES string of the molecule is Cc1ccc(NC(=O)c2cnn(C)c2)cc1F. The van der Waals surface area contributed by atoms with Gasteiger partial charge in [0.2, 0.25) is 0 Å². The van der Waals surface area contributed by atoms with E-state index in [4.69, 9.17) is 0 Å². The number of nitrogens with zero attached hydrogens (tertiary/aromatic N) is 2. The lowest BCUT2D eigenvalue weighted by molar-refractivity contribution is 0.102. The normalized spacial score (nSPS) is 10.3. The zero-order valence-electron chi connectivity index (χ0n) is 9.57. The zero-order valence-corrected chi connectivity index (χ0v) is 9.57. The number of benzene rings is 1. The highest BCUT2D eigenvalue weighted by molar-refractivity contribution is 6.03. The molecule has 0 aliphatic carbocycles. The van der Waals surface area contributed by atoms with Crippen molar-refractivity contribution >= 4 is 11.6 Å². The van der Waals surface area contributed by atoms with Gasteiger partial charge in [-0.05, 0) is 24.6 Å². The lowest BCUT2D eigenvalue weighted by atomic mass is 10.2. The Bertz CT molecular complexity index is 563. The Morgan fingerprint density at radius 1 is 1.47 bits per heavy atom. The van der Waals surface area contributed by atoms with E-state index in [-0.39, 0.29) is 11.7 Å². The van der Waals surface area contributed by atoms with Crippen molar-refractivity contribution in [1.29, 1.82) is 0 Å². The van der Waals surface area contributed by atoms with Crippen molar-refractivity contribution in [3.63, 3.8) is 0 Å². The van der Waals surface area contributed by atoms with Gasteiger partial charge in [0.1, 0.15) is 5.82 Å². The van der Waals surface area contributed by atoms with E-state index in [0.29, 0.717) is 16.8 Å². The summed E-state index contributed by atoms with van der Waals surface area (Å²) in [5, 5.41) is 6.50. The first-order chi connectivity index (χ1) is 8.06. The molecule has 1 N–H and O–H groups in total. The van der Waals surface area contributed by atoms with E-state index >= 15 is 0 Å². The predicted molar refractivity (Wildman–Crippen MR) is 62.3 cm³/mol. The number of amides is 1. The van der Waals surface area contributed by atoms with Gasteiger partial charge in [0.05, 0.1) is 11.8 Å². The fraction of sp³-hybridized carbons (Fsp3) is 0.167. The summed E-state index contributed by atoms with van der Waals surface area (Å²) in [6, 6.07) is 4.57. The maximum Gasteiger partial charge on any atom is 0.258 e. The molecule has 2 rings (SSSR count). The van der Waals surface area contributed by atoms with Crippen LogP contribution in [0.5, 0.6) is 0 Å². The largest absolute Gasteiger partial charge is 0.322 e. The molecule has 1 amide bonds. The number of hydrogen-bond acceptors (Lipinski definition) is 2. The highest BCUT2D eigenvalue weighted by Crippen LogP contribution is 2.14. The molecule has 0 unspecified atom stereocenters. The molecule has 5 heteroatoms. The summed E-state index contributed by atoms with van der Waals surface area (Å²) in [6.45, 7) is 1.67. The number of halogens is 1. The number of anilines is 1. The minimum absolute atomic E-state index is 0.304. The van der Waals surface area contributed by atoms with Crippen LogP contribution in [0.4, 0.5) is 10.1 Å². The quantitative estimate of drug-likeness (QED) is 0.863. The first kappa shape index (κ1) is 11.3. The Balaban J connectivity index is 2.15. The van der Waals surface area contributed by atoms with E-state index in [9.17, 15) is 9.18 Å². The van der Waals surface area contributed by atoms with Gasteiger partial charge in [-0.1, -0.05) is 6.07 Å². The van der Waals surface area contributed by atoms with E-state index in [2.05, 4.69) is 10.4 Å². The van der Waals surface area contributed by atoms with Gasteiger partial charge in [0.15, 0.2) is 0 Å². The number of carbonyl (C=O) groups excluding carboxylic acids is 1. The van der Waals surface area contributed by atoms with Gasteiger partial charge in [-0.3, -0.25) is 9.48 Å². The van der Waals surface area contributed by atoms with E-state index in [1.165, 1.54) is 16.9 Å². The van der Waals surface area contributed by atoms with Crippen LogP contribution in [-0.2, 0) is 7.05 Å². The summed E-state index contributed by atoms with van der Waals surface area (Å²) in [6.07, 6.45) is 3.06. The van der Waals surface area contributed by atoms with Crippen LogP contribution in [0.15, 0.2) is 30.6 Å². The molecule has 1 aromatic heterocycles. The van der Waals surface area contributed by atoms with E-state index in [1.807, 2.05) is 0 Å². The molecule has 0 aliphatic rings. The van der Waals surface area contributed by atoms with Crippen LogP contribution in [0.2, 0.25) is 0 Å². The number of aromatic nitrogens is 2. The fourth-order valence-corrected chi connectivity index (χ4v) is 1.41. The third kappa shape index (κ3) is 2.50. The fourth-order valence-electron chi connectivity index (χ4n) is 1.41. The Kier molecular flexibility index (Phi) is 2.91. The van der Waals surface area contributed by atoms with E-state index in [1.54, 1.807) is 32.3 Å². The second-order valence-corrected chi connectivity index (χ2v) is 3.82. The van der Waals surface area contributed by atoms with Gasteiger partial charge in [0.25, 0.3) is 5.91 Å². The third-order valence-electron chi connectivity index (χ3n) is 2.40. The van der Waals surface area contributed by atoms with Gasteiger partial charge in [-0.15, -0.1) is 0 Å². The lowest BCUT2D eigenvalue weighted by Crippen LogP contribution is -2.11. The average molecular weight is 233 g/mol. The lowest BCUT2D eigenvalue weighted by Gasteiger charge is -2.04. The number of nitrogens with one attached hydrogen (secondary N) is 1. The molecular formula is C12H12FN3O. The summed E-state index contributed by atoms with van der Waals surface area (Å²) in [5.74, 6) is -0.643. The molecule has 0 bridgehead atoms. The van der Waals surface area contributed by atoms with Gasteiger partial charge in [-0.25, -0.2) is 4.39 Å². The van der Waals surface area contributed by atoms with Crippen molar-refractivity contribution in [2.75, 3.05) is 5.32 Å². The topological polar surface area (TPSA) is 46.9 Å². The average Bonchev–Trinajstić information content (AvgIpc) is 2.70. The molecule has 1 aromatic carbocycles. The highest BCUT2D eigenvalue weighted by Gasteiger charge is 2.08. The third-order valence-corrected chi connectivity index (χ3v) is 2.40. The Morgan fingerprint density at radius 2 is 2.24 bits per heavy atom. The zero-order chi connectivity index (χ0) is 12.4. The van der Waals surface area contributed by atoms with Crippen LogP contribution in [0.1, 0.15) is 15.9 Å². The minimum atomic E-state index is -0.339. The molecule has 0 fully saturated rings. The van der Waals surface area contributed by atoms with Crippen LogP contribution < -0.4 is 5.32 Å². The molecular weight excluding hydrogens is 221 g/mol. The van der Waals surface area contributed by atoms with Crippen LogP contribution >= 0.6 is 0 Å². The standard InChI is InChI=1S/C12H12FN3O/c1-8-3-4-10(5-11(8)13)15-12(17)9-6-14-16(2)7-9/h3-7H,1-2H3,(H,15,17). The molecule has 0 aliphatic heterocycles. The molecule has 0 spiro atoms. The van der Waals surface area contributed by atoms with Crippen molar-refractivity contribution in [2.45, 2.75) is 6.92 Å². The molecule has 2 aromatic rings. The molecule has 88 valence electrons. The minimum Gasteiger partial charge on any atom is -0.322 e. The molecule has 4 nitrogen and oxygen atoms in total. The summed E-state index contributed by atoms with van der Waals surface area (Å²) >= 11 is 0. The first-order valence-electron chi connectivity index (χ1n) is 5.12. The second kappa shape index (κ2) is 4.37. The molecule has 17 heavy (non-hydrogen) atoms. The van der Waals surface area contributed by atoms with Gasteiger partial charge in [-0.2, -0.15) is 5.10 Å². The van der Waals surface area contributed by atoms with Crippen LogP contribution in [0.3, 0.4) is 0 Å². The Labute approximate surface area is 98.1 Å². The number of rotatable bonds is 2. The predicted octanol–water partition coefficient (Wildman–Crippen LogP) is 2.12. The smallest absolute Gasteiger partial charge is 0.258 e. The molecule has 0 atom stereocenters. The van der Waals surface area contributed by atoms with Crippen molar-refractivity contribution in [1.82, 2.24) is 9.78 Å². The summed E-state index contributed by atoms with van der Waals surface area (Å²) < 4.78 is 14.8. The monoisotopic (exact) mass is 233 g/mol. The Hall–Kier alpha value is -2.17. The maximum atomic E-state index is 13.3. The Morgan fingerprint density at radius 3 is 2.82 bits per heavy atom. The van der Waals surface area contributed by atoms with Crippen molar-refractivity contribution < 1.29 is 9.18 Å². The molecule has 0 saturated carbocycles. The molecule has 1 heterocycles. The highest BCUT2D eigenvalue weighted by atomic mass is 19.1. The van der Waals surface area contributed by atoms with Crippen LogP contribution in [0, 0.1) is 12.7 Å². The van der Waals surface area contributed by atoms with Crippen molar-refractivity contribution in [3.8, 4) is 0 Å². The van der Waals surface area contributed by atoms with Gasteiger partial charge < -0.3 is 5.32 Å². The van der Waals surface area contributed by atoms with Crippen molar-refractivity contribution in [3.05, 3.63) is 47.5 Å². The maximum absolute atomic E-state index is 13.3. The molecule has 0 saturated heterocycles. The second-order valence-electron chi connectivity index (χ2n) is 3.82. The summed E-state index contributed by atoms with van der Waals surface area (Å²) in [4.78, 5) is 11.7. The van der Waals surface area contributed by atoms with Gasteiger partial charge >= 0.3 is 0 Å². The first-order valence-corrected chi connectivity index (χ1v) is 5.12. The van der Waals surface area contributed by atoms with Crippen molar-refractivity contribution in [2.24, 2.45) is 7.05 Å². The van der Waals surface area contributed by atoms with Crippen LogP contribution in [0.25, 0.3) is 0 Å². The van der Waals surface area contributed by atoms with E-state index < -0.39 is 0 Å².